The van der Waals surface area contributed by atoms with Gasteiger partial charge in [0.15, 0.2) is 0 Å². The minimum absolute atomic E-state index is 0.0623. The van der Waals surface area contributed by atoms with Crippen molar-refractivity contribution in [1.29, 1.82) is 0 Å². The highest BCUT2D eigenvalue weighted by Crippen LogP contribution is 2.32. The summed E-state index contributed by atoms with van der Waals surface area (Å²) in [5, 5.41) is 10.8. The molecule has 1 aromatic carbocycles. The van der Waals surface area contributed by atoms with Crippen molar-refractivity contribution in [3.05, 3.63) is 32.8 Å². The summed E-state index contributed by atoms with van der Waals surface area (Å²) in [4.78, 5) is 21.6. The van der Waals surface area contributed by atoms with Crippen molar-refractivity contribution in [3.8, 4) is 5.75 Å². The summed E-state index contributed by atoms with van der Waals surface area (Å²) in [6.07, 6.45) is 0. The molecule has 0 aliphatic rings. The zero-order chi connectivity index (χ0) is 13.0. The third-order valence-electron chi connectivity index (χ3n) is 1.96. The summed E-state index contributed by atoms with van der Waals surface area (Å²) in [7, 11) is 1.35. The van der Waals surface area contributed by atoms with E-state index in [0.29, 0.717) is 0 Å². The molecule has 7 heteroatoms. The van der Waals surface area contributed by atoms with E-state index in [2.05, 4.69) is 0 Å². The molecule has 0 heterocycles. The van der Waals surface area contributed by atoms with E-state index in [-0.39, 0.29) is 22.9 Å². The lowest BCUT2D eigenvalue weighted by Gasteiger charge is -2.07. The van der Waals surface area contributed by atoms with Gasteiger partial charge in [-0.15, -0.1) is 0 Å². The Kier molecular flexibility index (Phi) is 4.28. The van der Waals surface area contributed by atoms with E-state index in [9.17, 15) is 14.9 Å². The highest BCUT2D eigenvalue weighted by atomic mass is 35.5. The average Bonchev–Trinajstić information content (AvgIpc) is 2.28. The van der Waals surface area contributed by atoms with Gasteiger partial charge in [0, 0.05) is 12.1 Å². The number of carbonyl (C=O) groups excluding carboxylic acids is 1. The topological polar surface area (TPSA) is 78.7 Å². The first-order valence-corrected chi connectivity index (χ1v) is 5.08. The largest absolute Gasteiger partial charge is 0.495 e. The number of rotatable bonds is 4. The van der Waals surface area contributed by atoms with Crippen molar-refractivity contribution in [2.45, 2.75) is 6.92 Å². The highest BCUT2D eigenvalue weighted by Gasteiger charge is 2.24. The predicted octanol–water partition coefficient (Wildman–Crippen LogP) is 2.43. The van der Waals surface area contributed by atoms with Crippen molar-refractivity contribution >= 4 is 23.3 Å². The van der Waals surface area contributed by atoms with E-state index in [0.717, 1.165) is 6.07 Å². The highest BCUT2D eigenvalue weighted by molar-refractivity contribution is 6.32. The number of esters is 1. The molecule has 1 rings (SSSR count). The normalized spacial score (nSPS) is 9.82. The molecular weight excluding hydrogens is 250 g/mol. The summed E-state index contributed by atoms with van der Waals surface area (Å²) in [6, 6.07) is 2.26. The van der Waals surface area contributed by atoms with Crippen LogP contribution in [0.1, 0.15) is 17.3 Å². The fourth-order valence-electron chi connectivity index (χ4n) is 1.22. The first-order valence-electron chi connectivity index (χ1n) is 4.70. The van der Waals surface area contributed by atoms with Gasteiger partial charge in [-0.1, -0.05) is 11.6 Å². The molecule has 0 N–H and O–H groups in total. The van der Waals surface area contributed by atoms with Gasteiger partial charge < -0.3 is 9.47 Å². The number of nitro benzene ring substituents is 1. The maximum atomic E-state index is 11.5. The smallest absolute Gasteiger partial charge is 0.345 e. The van der Waals surface area contributed by atoms with Crippen molar-refractivity contribution in [1.82, 2.24) is 0 Å². The summed E-state index contributed by atoms with van der Waals surface area (Å²) in [5.74, 6) is -0.602. The molecule has 17 heavy (non-hydrogen) atoms. The Morgan fingerprint density at radius 3 is 2.65 bits per heavy atom. The molecule has 0 aliphatic carbocycles. The lowest BCUT2D eigenvalue weighted by Crippen LogP contribution is -2.08. The Morgan fingerprint density at radius 2 is 2.18 bits per heavy atom. The molecule has 0 aromatic heterocycles. The van der Waals surface area contributed by atoms with E-state index in [1.165, 1.54) is 13.2 Å². The fraction of sp³-hybridized carbons (Fsp3) is 0.300. The van der Waals surface area contributed by atoms with E-state index in [1.807, 2.05) is 0 Å². The molecule has 0 amide bonds. The quantitative estimate of drug-likeness (QED) is 0.471. The van der Waals surface area contributed by atoms with Gasteiger partial charge in [0.05, 0.1) is 23.7 Å². The molecule has 0 saturated heterocycles. The fourth-order valence-corrected chi connectivity index (χ4v) is 1.46. The van der Waals surface area contributed by atoms with Crippen LogP contribution in [-0.4, -0.2) is 24.6 Å². The summed E-state index contributed by atoms with van der Waals surface area (Å²) < 4.78 is 9.60. The minimum atomic E-state index is -0.783. The molecule has 0 aliphatic heterocycles. The van der Waals surface area contributed by atoms with Crippen LogP contribution in [0, 0.1) is 10.1 Å². The number of hydrogen-bond donors (Lipinski definition) is 0. The maximum Gasteiger partial charge on any atom is 0.345 e. The van der Waals surface area contributed by atoms with Gasteiger partial charge >= 0.3 is 5.97 Å². The SMILES string of the molecule is CCOC(=O)c1cc(OC)c(Cl)cc1[N+](=O)[O-]. The Morgan fingerprint density at radius 1 is 1.53 bits per heavy atom. The Labute approximate surface area is 102 Å². The molecular formula is C10H10ClNO5. The molecule has 0 radical (unpaired) electrons. The molecule has 6 nitrogen and oxygen atoms in total. The van der Waals surface area contributed by atoms with Crippen molar-refractivity contribution in [2.24, 2.45) is 0 Å². The Balaban J connectivity index is 3.33. The zero-order valence-corrected chi connectivity index (χ0v) is 9.98. The molecule has 0 bridgehead atoms. The molecule has 92 valence electrons. The van der Waals surface area contributed by atoms with E-state index >= 15 is 0 Å². The van der Waals surface area contributed by atoms with Gasteiger partial charge in [0.25, 0.3) is 5.69 Å². The van der Waals surface area contributed by atoms with Crippen LogP contribution in [0.2, 0.25) is 5.02 Å². The summed E-state index contributed by atoms with van der Waals surface area (Å²) >= 11 is 5.75. The predicted molar refractivity (Wildman–Crippen MR) is 60.6 cm³/mol. The number of halogens is 1. The number of ether oxygens (including phenoxy) is 2. The van der Waals surface area contributed by atoms with Crippen molar-refractivity contribution < 1.29 is 19.2 Å². The standard InChI is InChI=1S/C10H10ClNO5/c1-3-17-10(13)6-4-9(16-2)7(11)5-8(6)12(14)15/h4-5H,3H2,1-2H3. The third kappa shape index (κ3) is 2.85. The van der Waals surface area contributed by atoms with Gasteiger partial charge in [-0.25, -0.2) is 4.79 Å². The summed E-state index contributed by atoms with van der Waals surface area (Å²) in [5.41, 5.74) is -0.590. The van der Waals surface area contributed by atoms with Crippen LogP contribution >= 0.6 is 11.6 Å². The van der Waals surface area contributed by atoms with Crippen molar-refractivity contribution in [2.75, 3.05) is 13.7 Å². The average molecular weight is 260 g/mol. The van der Waals surface area contributed by atoms with Crippen LogP contribution in [0.4, 0.5) is 5.69 Å². The molecule has 0 fully saturated rings. The monoisotopic (exact) mass is 259 g/mol. The van der Waals surface area contributed by atoms with Gasteiger partial charge in [-0.2, -0.15) is 0 Å². The van der Waals surface area contributed by atoms with Crippen molar-refractivity contribution in [3.63, 3.8) is 0 Å². The van der Waals surface area contributed by atoms with Gasteiger partial charge in [-0.05, 0) is 6.92 Å². The second-order valence-electron chi connectivity index (χ2n) is 2.98. The molecule has 0 saturated carbocycles. The second-order valence-corrected chi connectivity index (χ2v) is 3.39. The summed E-state index contributed by atoms with van der Waals surface area (Å²) in [6.45, 7) is 1.73. The van der Waals surface area contributed by atoms with Gasteiger partial charge in [0.1, 0.15) is 11.3 Å². The lowest BCUT2D eigenvalue weighted by atomic mass is 10.1. The maximum absolute atomic E-state index is 11.5. The van der Waals surface area contributed by atoms with Gasteiger partial charge in [-0.3, -0.25) is 10.1 Å². The van der Waals surface area contributed by atoms with Crippen LogP contribution in [0.25, 0.3) is 0 Å². The second kappa shape index (κ2) is 5.49. The van der Waals surface area contributed by atoms with Crippen LogP contribution in [0.15, 0.2) is 12.1 Å². The first kappa shape index (κ1) is 13.2. The van der Waals surface area contributed by atoms with Crippen LogP contribution in [0.5, 0.6) is 5.75 Å². The van der Waals surface area contributed by atoms with E-state index in [1.54, 1.807) is 6.92 Å². The van der Waals surface area contributed by atoms with E-state index in [4.69, 9.17) is 21.1 Å². The van der Waals surface area contributed by atoms with Gasteiger partial charge in [0.2, 0.25) is 0 Å². The van der Waals surface area contributed by atoms with Crippen LogP contribution < -0.4 is 4.74 Å². The number of nitrogens with zero attached hydrogens (tertiary/aromatic N) is 1. The molecule has 1 aromatic rings. The molecule has 0 unspecified atom stereocenters. The molecule has 0 spiro atoms. The molecule has 0 atom stereocenters. The number of carbonyl (C=O) groups is 1. The minimum Gasteiger partial charge on any atom is -0.495 e. The first-order chi connectivity index (χ1) is 8.01. The Bertz CT molecular complexity index is 460. The number of methoxy groups -OCH3 is 1. The zero-order valence-electron chi connectivity index (χ0n) is 9.23. The number of nitro groups is 1. The number of hydrogen-bond acceptors (Lipinski definition) is 5. The van der Waals surface area contributed by atoms with Crippen LogP contribution in [-0.2, 0) is 4.74 Å². The Hall–Kier alpha value is -1.82. The van der Waals surface area contributed by atoms with E-state index < -0.39 is 16.6 Å². The number of benzene rings is 1. The lowest BCUT2D eigenvalue weighted by molar-refractivity contribution is -0.385. The third-order valence-corrected chi connectivity index (χ3v) is 2.26. The van der Waals surface area contributed by atoms with Crippen LogP contribution in [0.3, 0.4) is 0 Å².